The fraction of sp³-hybridized carbons (Fsp3) is 0.273. The highest BCUT2D eigenvalue weighted by Crippen LogP contribution is 2.20. The number of carbonyl (C=O) groups excluding carboxylic acids is 1. The normalized spacial score (nSPS) is 9.68. The second-order valence-corrected chi connectivity index (χ2v) is 4.39. The molecule has 0 aromatic carbocycles. The van der Waals surface area contributed by atoms with Crippen molar-refractivity contribution in [1.82, 2.24) is 15.3 Å². The fourth-order valence-corrected chi connectivity index (χ4v) is 2.15. The lowest BCUT2D eigenvalue weighted by Crippen LogP contribution is -2.26. The number of nitrogens with zero attached hydrogens (tertiary/aromatic N) is 1. The molecule has 0 unspecified atom stereocenters. The van der Waals surface area contributed by atoms with Gasteiger partial charge in [0.1, 0.15) is 10.6 Å². The molecular weight excluding hydrogens is 270 g/mol. The lowest BCUT2D eigenvalue weighted by molar-refractivity contribution is -0.118. The molecule has 1 aromatic rings. The summed E-state index contributed by atoms with van der Waals surface area (Å²) in [5.41, 5.74) is -0.581. The topological polar surface area (TPSA) is 112 Å². The number of carboxylic acid groups (broad SMARTS) is 1. The van der Waals surface area contributed by atoms with Gasteiger partial charge in [0.25, 0.3) is 0 Å². The highest BCUT2D eigenvalue weighted by atomic mass is 32.2. The Morgan fingerprint density at radius 1 is 1.58 bits per heavy atom. The molecule has 100 valence electrons. The van der Waals surface area contributed by atoms with Crippen LogP contribution in [0.15, 0.2) is 9.82 Å². The van der Waals surface area contributed by atoms with Crippen molar-refractivity contribution in [1.29, 1.82) is 0 Å². The standard InChI is InChI=1S/C11H11N3O4S/c1-3-4-12-7(15)5-19-9-8(10(16)17)6(2)13-11(18)14-9/h1H,4-5H2,2H3,(H,12,15)(H,16,17)(H,13,14,18). The molecule has 0 saturated heterocycles. The molecule has 0 fully saturated rings. The monoisotopic (exact) mass is 281 g/mol. The van der Waals surface area contributed by atoms with Crippen LogP contribution in [-0.4, -0.2) is 39.2 Å². The smallest absolute Gasteiger partial charge is 0.346 e. The van der Waals surface area contributed by atoms with Gasteiger partial charge in [0, 0.05) is 5.69 Å². The molecule has 1 heterocycles. The third-order valence-electron chi connectivity index (χ3n) is 2.03. The van der Waals surface area contributed by atoms with Gasteiger partial charge >= 0.3 is 11.7 Å². The lowest BCUT2D eigenvalue weighted by Gasteiger charge is -2.06. The van der Waals surface area contributed by atoms with Gasteiger partial charge in [0.05, 0.1) is 12.3 Å². The summed E-state index contributed by atoms with van der Waals surface area (Å²) in [6, 6.07) is 0. The Morgan fingerprint density at radius 2 is 2.26 bits per heavy atom. The van der Waals surface area contributed by atoms with E-state index in [1.807, 2.05) is 0 Å². The molecule has 8 heteroatoms. The number of aryl methyl sites for hydroxylation is 1. The van der Waals surface area contributed by atoms with Gasteiger partial charge in [-0.2, -0.15) is 4.98 Å². The van der Waals surface area contributed by atoms with E-state index in [0.29, 0.717) is 0 Å². The van der Waals surface area contributed by atoms with Crippen molar-refractivity contribution in [3.8, 4) is 12.3 Å². The van der Waals surface area contributed by atoms with Crippen LogP contribution in [-0.2, 0) is 4.79 Å². The molecular formula is C11H11N3O4S. The zero-order valence-corrected chi connectivity index (χ0v) is 10.8. The summed E-state index contributed by atoms with van der Waals surface area (Å²) < 4.78 is 0. The van der Waals surface area contributed by atoms with E-state index in [0.717, 1.165) is 11.8 Å². The summed E-state index contributed by atoms with van der Waals surface area (Å²) in [5.74, 6) is 0.590. The zero-order valence-electron chi connectivity index (χ0n) is 10.0. The van der Waals surface area contributed by atoms with E-state index >= 15 is 0 Å². The Labute approximate surface area is 112 Å². The molecule has 0 bridgehead atoms. The summed E-state index contributed by atoms with van der Waals surface area (Å²) in [6.07, 6.45) is 4.98. The summed E-state index contributed by atoms with van der Waals surface area (Å²) in [5, 5.41) is 11.5. The first-order chi connectivity index (χ1) is 8.95. The fourth-order valence-electron chi connectivity index (χ4n) is 1.25. The maximum Gasteiger partial charge on any atom is 0.346 e. The van der Waals surface area contributed by atoms with Crippen LogP contribution in [0.25, 0.3) is 0 Å². The van der Waals surface area contributed by atoms with Gasteiger partial charge in [-0.1, -0.05) is 17.7 Å². The number of carboxylic acids is 1. The number of rotatable bonds is 5. The first-order valence-corrected chi connectivity index (χ1v) is 6.11. The maximum atomic E-state index is 11.3. The first-order valence-electron chi connectivity index (χ1n) is 5.13. The number of aromatic amines is 1. The molecule has 0 saturated carbocycles. The van der Waals surface area contributed by atoms with Crippen LogP contribution < -0.4 is 11.0 Å². The van der Waals surface area contributed by atoms with Crippen molar-refractivity contribution in [2.24, 2.45) is 0 Å². The number of carbonyl (C=O) groups is 2. The second kappa shape index (κ2) is 6.61. The average Bonchev–Trinajstić information content (AvgIpc) is 2.32. The Kier molecular flexibility index (Phi) is 5.14. The van der Waals surface area contributed by atoms with E-state index in [1.165, 1.54) is 6.92 Å². The van der Waals surface area contributed by atoms with Crippen LogP contribution >= 0.6 is 11.8 Å². The highest BCUT2D eigenvalue weighted by Gasteiger charge is 2.17. The summed E-state index contributed by atoms with van der Waals surface area (Å²) in [6.45, 7) is 1.54. The van der Waals surface area contributed by atoms with Crippen molar-refractivity contribution in [3.63, 3.8) is 0 Å². The number of amides is 1. The maximum absolute atomic E-state index is 11.3. The summed E-state index contributed by atoms with van der Waals surface area (Å²) >= 11 is 0.870. The van der Waals surface area contributed by atoms with Crippen LogP contribution in [0.3, 0.4) is 0 Å². The van der Waals surface area contributed by atoms with E-state index in [2.05, 4.69) is 21.2 Å². The number of nitrogens with one attached hydrogen (secondary N) is 2. The van der Waals surface area contributed by atoms with Crippen molar-refractivity contribution in [2.45, 2.75) is 11.9 Å². The van der Waals surface area contributed by atoms with Crippen molar-refractivity contribution >= 4 is 23.6 Å². The quantitative estimate of drug-likeness (QED) is 0.385. The number of aromatic carboxylic acids is 1. The van der Waals surface area contributed by atoms with Crippen molar-refractivity contribution < 1.29 is 14.7 Å². The largest absolute Gasteiger partial charge is 0.478 e. The Morgan fingerprint density at radius 3 is 2.84 bits per heavy atom. The minimum absolute atomic E-state index is 0.00427. The van der Waals surface area contributed by atoms with E-state index in [9.17, 15) is 14.4 Å². The number of H-pyrrole nitrogens is 1. The molecule has 3 N–H and O–H groups in total. The second-order valence-electron chi connectivity index (χ2n) is 3.42. The Balaban J connectivity index is 2.89. The van der Waals surface area contributed by atoms with E-state index in [1.54, 1.807) is 0 Å². The van der Waals surface area contributed by atoms with Crippen LogP contribution in [0.4, 0.5) is 0 Å². The minimum Gasteiger partial charge on any atom is -0.478 e. The summed E-state index contributed by atoms with van der Waals surface area (Å²) in [4.78, 5) is 39.5. The molecule has 0 atom stereocenters. The number of hydrogen-bond acceptors (Lipinski definition) is 5. The van der Waals surface area contributed by atoms with Crippen molar-refractivity contribution in [3.05, 3.63) is 21.7 Å². The molecule has 1 rings (SSSR count). The predicted molar refractivity (Wildman–Crippen MR) is 69.1 cm³/mol. The minimum atomic E-state index is -1.22. The van der Waals surface area contributed by atoms with Crippen LogP contribution in [0.1, 0.15) is 16.1 Å². The third-order valence-corrected chi connectivity index (χ3v) is 3.00. The molecule has 1 amide bonds. The molecule has 19 heavy (non-hydrogen) atoms. The Hall–Kier alpha value is -2.27. The first kappa shape index (κ1) is 14.8. The lowest BCUT2D eigenvalue weighted by atomic mass is 10.2. The summed E-state index contributed by atoms with van der Waals surface area (Å²) in [7, 11) is 0. The van der Waals surface area contributed by atoms with E-state index in [4.69, 9.17) is 11.5 Å². The average molecular weight is 281 g/mol. The van der Waals surface area contributed by atoms with Gasteiger partial charge in [0.15, 0.2) is 0 Å². The molecule has 0 radical (unpaired) electrons. The molecule has 0 aliphatic heterocycles. The Bertz CT molecular complexity index is 603. The zero-order chi connectivity index (χ0) is 14.4. The molecule has 0 spiro atoms. The van der Waals surface area contributed by atoms with Crippen LogP contribution in [0.2, 0.25) is 0 Å². The van der Waals surface area contributed by atoms with Gasteiger partial charge in [-0.3, -0.25) is 4.79 Å². The number of hydrogen-bond donors (Lipinski definition) is 3. The van der Waals surface area contributed by atoms with Gasteiger partial charge in [-0.15, -0.1) is 6.42 Å². The van der Waals surface area contributed by atoms with Crippen molar-refractivity contribution in [2.75, 3.05) is 12.3 Å². The van der Waals surface area contributed by atoms with Gasteiger partial charge in [-0.25, -0.2) is 9.59 Å². The van der Waals surface area contributed by atoms with Gasteiger partial charge in [-0.05, 0) is 6.92 Å². The molecule has 7 nitrogen and oxygen atoms in total. The highest BCUT2D eigenvalue weighted by molar-refractivity contribution is 8.00. The van der Waals surface area contributed by atoms with Gasteiger partial charge < -0.3 is 15.4 Å². The molecule has 0 aliphatic carbocycles. The number of aromatic nitrogens is 2. The predicted octanol–water partition coefficient (Wildman–Crippen LogP) is -0.382. The number of thioether (sulfide) groups is 1. The van der Waals surface area contributed by atoms with E-state index < -0.39 is 11.7 Å². The SMILES string of the molecule is C#CCNC(=O)CSc1nc(=O)[nH]c(C)c1C(=O)O. The molecule has 0 aliphatic rings. The van der Waals surface area contributed by atoms with E-state index in [-0.39, 0.29) is 34.5 Å². The molecule has 1 aromatic heterocycles. The van der Waals surface area contributed by atoms with Gasteiger partial charge in [0.2, 0.25) is 5.91 Å². The third kappa shape index (κ3) is 4.15. The van der Waals surface area contributed by atoms with Crippen LogP contribution in [0.5, 0.6) is 0 Å². The number of terminal acetylenes is 1. The van der Waals surface area contributed by atoms with Crippen LogP contribution in [0, 0.1) is 19.3 Å².